The third kappa shape index (κ3) is 5.53. The molecule has 0 spiro atoms. The largest absolute Gasteiger partial charge is 0.496 e. The summed E-state index contributed by atoms with van der Waals surface area (Å²) in [5.41, 5.74) is 0.192. The van der Waals surface area contributed by atoms with Gasteiger partial charge in [-0.15, -0.1) is 0 Å². The Kier molecular flexibility index (Phi) is 7.59. The number of furan rings is 1. The van der Waals surface area contributed by atoms with Gasteiger partial charge in [0.05, 0.1) is 42.8 Å². The first kappa shape index (κ1) is 21.7. The maximum absolute atomic E-state index is 12.9. The molecule has 1 aliphatic rings. The van der Waals surface area contributed by atoms with E-state index in [1.54, 1.807) is 18.0 Å². The molecule has 1 aliphatic heterocycles. The number of benzene rings is 1. The van der Waals surface area contributed by atoms with Gasteiger partial charge in [-0.2, -0.15) is 16.1 Å². The van der Waals surface area contributed by atoms with E-state index in [2.05, 4.69) is 5.32 Å². The predicted molar refractivity (Wildman–Crippen MR) is 110 cm³/mol. The molecule has 158 valence electrons. The number of nitrogens with one attached hydrogen (secondary N) is 1. The average molecular weight is 441 g/mol. The summed E-state index contributed by atoms with van der Waals surface area (Å²) in [6.07, 6.45) is 1.63. The lowest BCUT2D eigenvalue weighted by Gasteiger charge is -2.26. The number of morpholine rings is 1. The van der Waals surface area contributed by atoms with Crippen molar-refractivity contribution in [2.75, 3.05) is 45.7 Å². The number of rotatable bonds is 9. The summed E-state index contributed by atoms with van der Waals surface area (Å²) in [6, 6.07) is 8.07. The van der Waals surface area contributed by atoms with Crippen LogP contribution in [0, 0.1) is 0 Å². The third-order valence-corrected chi connectivity index (χ3v) is 7.26. The molecular formula is C19H24N2O6S2. The number of sulfonamides is 1. The van der Waals surface area contributed by atoms with E-state index in [4.69, 9.17) is 13.9 Å². The van der Waals surface area contributed by atoms with Crippen molar-refractivity contribution in [1.82, 2.24) is 9.62 Å². The van der Waals surface area contributed by atoms with Gasteiger partial charge in [-0.25, -0.2) is 8.42 Å². The molecule has 0 aliphatic carbocycles. The van der Waals surface area contributed by atoms with E-state index in [0.29, 0.717) is 44.4 Å². The van der Waals surface area contributed by atoms with Crippen LogP contribution in [0.3, 0.4) is 0 Å². The molecule has 0 radical (unpaired) electrons. The van der Waals surface area contributed by atoms with Gasteiger partial charge in [-0.1, -0.05) is 0 Å². The first-order chi connectivity index (χ1) is 14.0. The number of hydrogen-bond acceptors (Lipinski definition) is 7. The molecule has 1 amide bonds. The topological polar surface area (TPSA) is 98.1 Å². The monoisotopic (exact) mass is 440 g/mol. The Bertz CT molecular complexity index is 909. The van der Waals surface area contributed by atoms with Crippen LogP contribution in [0.4, 0.5) is 0 Å². The Morgan fingerprint density at radius 2 is 2.07 bits per heavy atom. The molecule has 8 nitrogen and oxygen atoms in total. The Labute approximate surface area is 174 Å². The fourth-order valence-electron chi connectivity index (χ4n) is 2.86. The second-order valence-corrected chi connectivity index (χ2v) is 9.31. The predicted octanol–water partition coefficient (Wildman–Crippen LogP) is 1.97. The van der Waals surface area contributed by atoms with E-state index >= 15 is 0 Å². The summed E-state index contributed by atoms with van der Waals surface area (Å²) in [5, 5.41) is 2.81. The molecule has 1 aromatic heterocycles. The van der Waals surface area contributed by atoms with Crippen LogP contribution in [-0.2, 0) is 20.5 Å². The number of carbonyl (C=O) groups excluding carboxylic acids is 1. The van der Waals surface area contributed by atoms with Crippen LogP contribution in [0.1, 0.15) is 16.1 Å². The van der Waals surface area contributed by atoms with Crippen molar-refractivity contribution in [2.24, 2.45) is 0 Å². The van der Waals surface area contributed by atoms with Crippen LogP contribution >= 0.6 is 11.8 Å². The number of nitrogens with zero attached hydrogens (tertiary/aromatic N) is 1. The minimum absolute atomic E-state index is 0.0672. The van der Waals surface area contributed by atoms with Gasteiger partial charge in [0.25, 0.3) is 5.91 Å². The zero-order valence-corrected chi connectivity index (χ0v) is 17.8. The summed E-state index contributed by atoms with van der Waals surface area (Å²) >= 11 is 1.63. The molecule has 1 aromatic carbocycles. The van der Waals surface area contributed by atoms with E-state index in [1.165, 1.54) is 29.6 Å². The van der Waals surface area contributed by atoms with Crippen LogP contribution in [0.25, 0.3) is 0 Å². The van der Waals surface area contributed by atoms with Gasteiger partial charge in [0.2, 0.25) is 10.0 Å². The van der Waals surface area contributed by atoms with E-state index in [-0.39, 0.29) is 16.4 Å². The summed E-state index contributed by atoms with van der Waals surface area (Å²) in [4.78, 5) is 12.7. The van der Waals surface area contributed by atoms with Gasteiger partial charge in [-0.3, -0.25) is 4.79 Å². The second kappa shape index (κ2) is 10.1. The number of amides is 1. The fraction of sp³-hybridized carbons (Fsp3) is 0.421. The van der Waals surface area contributed by atoms with Gasteiger partial charge in [0, 0.05) is 25.4 Å². The van der Waals surface area contributed by atoms with Gasteiger partial charge in [-0.05, 0) is 30.3 Å². The van der Waals surface area contributed by atoms with Crippen LogP contribution in [-0.4, -0.2) is 64.3 Å². The minimum atomic E-state index is -3.69. The summed E-state index contributed by atoms with van der Waals surface area (Å²) in [7, 11) is -2.25. The standard InChI is InChI=1S/C19H24N2O6S2/c1-25-18-5-4-16(29(23,24)21-7-10-26-11-8-21)13-17(18)19(22)20-6-12-28-14-15-3-2-9-27-15/h2-5,9,13H,6-8,10-12,14H2,1H3,(H,20,22). The first-order valence-electron chi connectivity index (χ1n) is 9.16. The highest BCUT2D eigenvalue weighted by Gasteiger charge is 2.28. The van der Waals surface area contributed by atoms with Gasteiger partial charge in [0.1, 0.15) is 11.5 Å². The van der Waals surface area contributed by atoms with Crippen LogP contribution in [0.5, 0.6) is 5.75 Å². The molecule has 2 heterocycles. The Hall–Kier alpha value is -2.01. The second-order valence-electron chi connectivity index (χ2n) is 6.27. The third-order valence-electron chi connectivity index (χ3n) is 4.38. The molecule has 2 aromatic rings. The van der Waals surface area contributed by atoms with Crippen molar-refractivity contribution in [2.45, 2.75) is 10.6 Å². The zero-order chi connectivity index (χ0) is 20.7. The molecule has 0 saturated carbocycles. The van der Waals surface area contributed by atoms with E-state index in [1.807, 2.05) is 12.1 Å². The highest BCUT2D eigenvalue weighted by Crippen LogP contribution is 2.25. The Balaban J connectivity index is 1.63. The summed E-state index contributed by atoms with van der Waals surface area (Å²) in [6.45, 7) is 1.75. The Morgan fingerprint density at radius 3 is 2.76 bits per heavy atom. The Morgan fingerprint density at radius 1 is 1.28 bits per heavy atom. The molecule has 1 saturated heterocycles. The van der Waals surface area contributed by atoms with Crippen LogP contribution < -0.4 is 10.1 Å². The summed E-state index contributed by atoms with van der Waals surface area (Å²) in [5.74, 6) is 2.25. The molecule has 0 bridgehead atoms. The molecule has 3 rings (SSSR count). The lowest BCUT2D eigenvalue weighted by Crippen LogP contribution is -2.40. The maximum Gasteiger partial charge on any atom is 0.255 e. The summed E-state index contributed by atoms with van der Waals surface area (Å²) < 4.78 is 42.8. The lowest BCUT2D eigenvalue weighted by molar-refractivity contribution is 0.0730. The molecule has 29 heavy (non-hydrogen) atoms. The van der Waals surface area contributed by atoms with Crippen molar-refractivity contribution in [3.8, 4) is 5.75 Å². The highest BCUT2D eigenvalue weighted by atomic mass is 32.2. The number of thioether (sulfide) groups is 1. The molecule has 1 N–H and O–H groups in total. The minimum Gasteiger partial charge on any atom is -0.496 e. The normalized spacial score (nSPS) is 15.2. The highest BCUT2D eigenvalue weighted by molar-refractivity contribution is 7.98. The van der Waals surface area contributed by atoms with Gasteiger partial charge >= 0.3 is 0 Å². The van der Waals surface area contributed by atoms with Crippen LogP contribution in [0.15, 0.2) is 45.9 Å². The molecule has 0 unspecified atom stereocenters. The van der Waals surface area contributed by atoms with E-state index < -0.39 is 10.0 Å². The number of carbonyl (C=O) groups is 1. The van der Waals surface area contributed by atoms with Crippen molar-refractivity contribution < 1.29 is 27.1 Å². The van der Waals surface area contributed by atoms with Crippen molar-refractivity contribution >= 4 is 27.7 Å². The average Bonchev–Trinajstić information content (AvgIpc) is 3.27. The number of ether oxygens (including phenoxy) is 2. The number of hydrogen-bond donors (Lipinski definition) is 1. The van der Waals surface area contributed by atoms with Crippen molar-refractivity contribution in [1.29, 1.82) is 0 Å². The van der Waals surface area contributed by atoms with Crippen LogP contribution in [0.2, 0.25) is 0 Å². The zero-order valence-electron chi connectivity index (χ0n) is 16.1. The molecule has 0 atom stereocenters. The molecule has 1 fully saturated rings. The first-order valence-corrected chi connectivity index (χ1v) is 11.8. The van der Waals surface area contributed by atoms with Crippen molar-refractivity contribution in [3.63, 3.8) is 0 Å². The van der Waals surface area contributed by atoms with Crippen molar-refractivity contribution in [3.05, 3.63) is 47.9 Å². The fourth-order valence-corrected chi connectivity index (χ4v) is 5.05. The van der Waals surface area contributed by atoms with Gasteiger partial charge < -0.3 is 19.2 Å². The smallest absolute Gasteiger partial charge is 0.255 e. The molecular weight excluding hydrogens is 416 g/mol. The quantitative estimate of drug-likeness (QED) is 0.595. The van der Waals surface area contributed by atoms with Gasteiger partial charge in [0.15, 0.2) is 0 Å². The lowest BCUT2D eigenvalue weighted by atomic mass is 10.2. The SMILES string of the molecule is COc1ccc(S(=O)(=O)N2CCOCC2)cc1C(=O)NCCSCc1ccco1. The van der Waals surface area contributed by atoms with E-state index in [9.17, 15) is 13.2 Å². The molecule has 10 heteroatoms. The van der Waals surface area contributed by atoms with E-state index in [0.717, 1.165) is 11.5 Å². The number of methoxy groups -OCH3 is 1. The maximum atomic E-state index is 12.9.